The molecule has 23 heavy (non-hydrogen) atoms. The van der Waals surface area contributed by atoms with Crippen LogP contribution in [-0.4, -0.2) is 29.5 Å². The van der Waals surface area contributed by atoms with Crippen LogP contribution < -0.4 is 10.5 Å². The summed E-state index contributed by atoms with van der Waals surface area (Å²) in [6.45, 7) is -0.898. The number of carboxylic acid groups (broad SMARTS) is 1. The number of ether oxygens (including phenoxy) is 1. The second kappa shape index (κ2) is 9.31. The summed E-state index contributed by atoms with van der Waals surface area (Å²) >= 11 is 0. The summed E-state index contributed by atoms with van der Waals surface area (Å²) in [6.07, 6.45) is -0.0449. The van der Waals surface area contributed by atoms with Crippen molar-refractivity contribution in [3.8, 4) is 5.75 Å². The van der Waals surface area contributed by atoms with Crippen molar-refractivity contribution in [2.45, 2.75) is 25.3 Å². The number of aliphatic carboxylic acids is 1. The zero-order chi connectivity index (χ0) is 16.9. The number of hydrogen-bond donors (Lipinski definition) is 2. The molecule has 0 radical (unpaired) electrons. The molecule has 10 heteroatoms. The average Bonchev–Trinajstić information content (AvgIpc) is 2.44. The van der Waals surface area contributed by atoms with E-state index in [0.717, 1.165) is 0 Å². The Bertz CT molecular complexity index is 559. The van der Waals surface area contributed by atoms with Crippen LogP contribution in [0, 0.1) is 23.3 Å². The molecule has 3 N–H and O–H groups in total. The van der Waals surface area contributed by atoms with Crippen LogP contribution in [-0.2, 0) is 9.59 Å². The van der Waals surface area contributed by atoms with Crippen molar-refractivity contribution in [3.05, 3.63) is 29.3 Å². The predicted molar refractivity (Wildman–Crippen MR) is 73.5 cm³/mol. The maximum atomic E-state index is 13.3. The van der Waals surface area contributed by atoms with Crippen LogP contribution in [0.3, 0.4) is 0 Å². The second-order valence-electron chi connectivity index (χ2n) is 4.44. The topological polar surface area (TPSA) is 89.6 Å². The third kappa shape index (κ3) is 6.03. The first-order valence-corrected chi connectivity index (χ1v) is 6.20. The number of carbonyl (C=O) groups is 2. The smallest absolute Gasteiger partial charge is 0.303 e. The van der Waals surface area contributed by atoms with E-state index in [1.165, 1.54) is 0 Å². The van der Waals surface area contributed by atoms with Gasteiger partial charge in [0.2, 0.25) is 11.6 Å². The molecule has 0 amide bonds. The van der Waals surface area contributed by atoms with E-state index in [1.54, 1.807) is 0 Å². The number of Topliss-reactive ketones (excluding diaryl/α,β-unsaturated/α-hetero) is 1. The lowest BCUT2D eigenvalue weighted by molar-refractivity contribution is -0.137. The normalized spacial score (nSPS) is 11.5. The van der Waals surface area contributed by atoms with Crippen molar-refractivity contribution >= 4 is 24.2 Å². The quantitative estimate of drug-likeness (QED) is 0.548. The lowest BCUT2D eigenvalue weighted by Crippen LogP contribution is -2.34. The van der Waals surface area contributed by atoms with Crippen molar-refractivity contribution in [3.63, 3.8) is 0 Å². The second-order valence-corrected chi connectivity index (χ2v) is 4.44. The Morgan fingerprint density at radius 1 is 1.17 bits per heavy atom. The number of halogens is 5. The fraction of sp³-hybridized carbons (Fsp3) is 0.385. The molecule has 0 saturated heterocycles. The minimum absolute atomic E-state index is 0. The first kappa shape index (κ1) is 21.1. The number of nitrogens with two attached hydrogens (primary N) is 1. The molecule has 0 aliphatic carbocycles. The number of hydrogen-bond acceptors (Lipinski definition) is 4. The molecule has 1 atom stereocenters. The molecular formula is C13H14ClF4NO4. The molecule has 1 aromatic carbocycles. The van der Waals surface area contributed by atoms with Crippen molar-refractivity contribution in [2.24, 2.45) is 5.73 Å². The summed E-state index contributed by atoms with van der Waals surface area (Å²) in [6, 6.07) is -1.10. The Morgan fingerprint density at radius 3 is 2.17 bits per heavy atom. The van der Waals surface area contributed by atoms with Gasteiger partial charge in [-0.25, -0.2) is 8.78 Å². The number of ketones is 1. The monoisotopic (exact) mass is 359 g/mol. The molecule has 5 nitrogen and oxygen atoms in total. The van der Waals surface area contributed by atoms with Crippen LogP contribution in [0.5, 0.6) is 5.75 Å². The molecular weight excluding hydrogens is 346 g/mol. The lowest BCUT2D eigenvalue weighted by Gasteiger charge is -2.12. The third-order valence-corrected chi connectivity index (χ3v) is 2.75. The van der Waals surface area contributed by atoms with Gasteiger partial charge in [0, 0.05) is 12.5 Å². The maximum Gasteiger partial charge on any atom is 0.303 e. The fourth-order valence-electron chi connectivity index (χ4n) is 1.56. The van der Waals surface area contributed by atoms with Crippen LogP contribution >= 0.6 is 12.4 Å². The molecule has 0 heterocycles. The fourth-order valence-corrected chi connectivity index (χ4v) is 1.56. The van der Waals surface area contributed by atoms with Gasteiger partial charge in [-0.3, -0.25) is 9.59 Å². The van der Waals surface area contributed by atoms with Crippen molar-refractivity contribution < 1.29 is 37.0 Å². The van der Waals surface area contributed by atoms with Gasteiger partial charge >= 0.3 is 5.97 Å². The minimum Gasteiger partial charge on any atom is -0.481 e. The lowest BCUT2D eigenvalue weighted by atomic mass is 10.1. The molecule has 130 valence electrons. The molecule has 1 rings (SSSR count). The van der Waals surface area contributed by atoms with Crippen LogP contribution in [0.2, 0.25) is 0 Å². The summed E-state index contributed by atoms with van der Waals surface area (Å²) < 4.78 is 56.8. The zero-order valence-corrected chi connectivity index (χ0v) is 12.5. The first-order chi connectivity index (χ1) is 10.2. The van der Waals surface area contributed by atoms with Gasteiger partial charge in [-0.05, 0) is 12.8 Å². The summed E-state index contributed by atoms with van der Waals surface area (Å²) in [5.41, 5.74) is 5.45. The molecule has 0 aliphatic rings. The highest BCUT2D eigenvalue weighted by molar-refractivity contribution is 5.85. The number of carboxylic acids is 1. The SMILES string of the molecule is Cl.NC(CCCC(=O)O)C(=O)COc1c(F)c(F)cc(F)c1F. The van der Waals surface area contributed by atoms with E-state index in [4.69, 9.17) is 10.8 Å². The van der Waals surface area contributed by atoms with Gasteiger partial charge in [0.05, 0.1) is 6.04 Å². The summed E-state index contributed by atoms with van der Waals surface area (Å²) in [7, 11) is 0. The van der Waals surface area contributed by atoms with Gasteiger partial charge in [-0.2, -0.15) is 8.78 Å². The summed E-state index contributed by atoms with van der Waals surface area (Å²) in [5, 5.41) is 8.43. The molecule has 1 unspecified atom stereocenters. The number of benzene rings is 1. The molecule has 0 aliphatic heterocycles. The van der Waals surface area contributed by atoms with Crippen molar-refractivity contribution in [1.82, 2.24) is 0 Å². The van der Waals surface area contributed by atoms with Gasteiger partial charge < -0.3 is 15.6 Å². The van der Waals surface area contributed by atoms with E-state index in [-0.39, 0.29) is 37.7 Å². The average molecular weight is 360 g/mol. The van der Waals surface area contributed by atoms with Crippen LogP contribution in [0.25, 0.3) is 0 Å². The third-order valence-electron chi connectivity index (χ3n) is 2.75. The molecule has 0 saturated carbocycles. The Hall–Kier alpha value is -1.87. The summed E-state index contributed by atoms with van der Waals surface area (Å²) in [4.78, 5) is 21.9. The van der Waals surface area contributed by atoms with Gasteiger partial charge in [-0.15, -0.1) is 12.4 Å². The van der Waals surface area contributed by atoms with Gasteiger partial charge in [0.25, 0.3) is 0 Å². The highest BCUT2D eigenvalue weighted by Gasteiger charge is 2.22. The van der Waals surface area contributed by atoms with Crippen molar-refractivity contribution in [1.29, 1.82) is 0 Å². The van der Waals surface area contributed by atoms with Gasteiger partial charge in [0.15, 0.2) is 23.2 Å². The van der Waals surface area contributed by atoms with E-state index in [2.05, 4.69) is 4.74 Å². The van der Waals surface area contributed by atoms with E-state index in [9.17, 15) is 27.2 Å². The van der Waals surface area contributed by atoms with Gasteiger partial charge in [0.1, 0.15) is 6.61 Å². The Labute approximate surface area is 134 Å². The molecule has 1 aromatic rings. The predicted octanol–water partition coefficient (Wildman–Crippen LogP) is 2.19. The molecule has 0 fully saturated rings. The van der Waals surface area contributed by atoms with Crippen LogP contribution in [0.4, 0.5) is 17.6 Å². The highest BCUT2D eigenvalue weighted by Crippen LogP contribution is 2.26. The van der Waals surface area contributed by atoms with E-state index in [1.807, 2.05) is 0 Å². The van der Waals surface area contributed by atoms with Crippen LogP contribution in [0.1, 0.15) is 19.3 Å². The highest BCUT2D eigenvalue weighted by atomic mass is 35.5. The molecule has 0 spiro atoms. The first-order valence-electron chi connectivity index (χ1n) is 6.20. The largest absolute Gasteiger partial charge is 0.481 e. The van der Waals surface area contributed by atoms with Gasteiger partial charge in [-0.1, -0.05) is 0 Å². The number of rotatable bonds is 8. The van der Waals surface area contributed by atoms with Crippen LogP contribution in [0.15, 0.2) is 6.07 Å². The van der Waals surface area contributed by atoms with Crippen molar-refractivity contribution in [2.75, 3.05) is 6.61 Å². The maximum absolute atomic E-state index is 13.3. The van der Waals surface area contributed by atoms with E-state index >= 15 is 0 Å². The zero-order valence-electron chi connectivity index (χ0n) is 11.7. The Morgan fingerprint density at radius 2 is 1.70 bits per heavy atom. The van der Waals surface area contributed by atoms with E-state index in [0.29, 0.717) is 0 Å². The standard InChI is InChI=1S/C13H13F4NO4.ClH/c14-6-4-7(15)12(17)13(11(6)16)22-5-9(19)8(18)2-1-3-10(20)21;/h4,8H,1-3,5,18H2,(H,20,21);1H. The molecule has 0 bridgehead atoms. The Balaban J connectivity index is 0.00000484. The Kier molecular flexibility index (Phi) is 8.55. The molecule has 0 aromatic heterocycles. The number of carbonyl (C=O) groups excluding carboxylic acids is 1. The minimum atomic E-state index is -1.76. The van der Waals surface area contributed by atoms with E-state index < -0.39 is 53.4 Å². The summed E-state index contributed by atoms with van der Waals surface area (Å²) in [5.74, 6) is -10.0.